The number of methoxy groups -OCH3 is 1. The molecule has 0 amide bonds. The van der Waals surface area contributed by atoms with Crippen LogP contribution in [0.2, 0.25) is 5.02 Å². The number of guanidine groups is 1. The van der Waals surface area contributed by atoms with Crippen molar-refractivity contribution >= 4 is 23.2 Å². The van der Waals surface area contributed by atoms with Gasteiger partial charge in [-0.2, -0.15) is 0 Å². The van der Waals surface area contributed by atoms with Crippen molar-refractivity contribution in [2.45, 2.75) is 19.7 Å². The quantitative estimate of drug-likeness (QED) is 0.742. The summed E-state index contributed by atoms with van der Waals surface area (Å²) in [5.41, 5.74) is 1.25. The van der Waals surface area contributed by atoms with Crippen LogP contribution in [-0.2, 0) is 11.3 Å². The molecular formula is C19H17ClF3N3O2. The fourth-order valence-electron chi connectivity index (χ4n) is 2.65. The van der Waals surface area contributed by atoms with Crippen LogP contribution >= 0.6 is 11.6 Å². The molecule has 1 atom stereocenters. The summed E-state index contributed by atoms with van der Waals surface area (Å²) in [6.45, 7) is 1.61. The molecule has 1 aliphatic heterocycles. The Morgan fingerprint density at radius 1 is 1.21 bits per heavy atom. The number of rotatable bonds is 4. The molecule has 9 heteroatoms. The van der Waals surface area contributed by atoms with Gasteiger partial charge in [-0.25, -0.2) is 18.2 Å². The molecule has 148 valence electrons. The molecular weight excluding hydrogens is 395 g/mol. The predicted octanol–water partition coefficient (Wildman–Crippen LogP) is 4.16. The predicted molar refractivity (Wildman–Crippen MR) is 100 cm³/mol. The first kappa shape index (κ1) is 20.0. The summed E-state index contributed by atoms with van der Waals surface area (Å²) in [6.07, 6.45) is 0.124. The van der Waals surface area contributed by atoms with Crippen LogP contribution in [0.3, 0.4) is 0 Å². The van der Waals surface area contributed by atoms with Gasteiger partial charge in [0.25, 0.3) is 0 Å². The van der Waals surface area contributed by atoms with E-state index < -0.39 is 23.7 Å². The number of nitrogens with zero attached hydrogens (tertiary/aromatic N) is 2. The van der Waals surface area contributed by atoms with Gasteiger partial charge in [-0.1, -0.05) is 17.7 Å². The van der Waals surface area contributed by atoms with Crippen molar-refractivity contribution in [3.8, 4) is 0 Å². The van der Waals surface area contributed by atoms with Crippen LogP contribution in [0, 0.1) is 24.4 Å². The maximum atomic E-state index is 14.1. The van der Waals surface area contributed by atoms with E-state index in [0.29, 0.717) is 16.8 Å². The van der Waals surface area contributed by atoms with Crippen LogP contribution in [0.25, 0.3) is 0 Å². The number of anilines is 1. The fraction of sp³-hybridized carbons (Fsp3) is 0.211. The highest BCUT2D eigenvalue weighted by atomic mass is 35.5. The first-order chi connectivity index (χ1) is 13.3. The van der Waals surface area contributed by atoms with E-state index in [1.54, 1.807) is 25.1 Å². The van der Waals surface area contributed by atoms with E-state index in [4.69, 9.17) is 16.3 Å². The van der Waals surface area contributed by atoms with Crippen molar-refractivity contribution in [1.29, 1.82) is 0 Å². The van der Waals surface area contributed by atoms with Gasteiger partial charge in [0, 0.05) is 28.5 Å². The number of aliphatic hydroxyl groups excluding tert-OH is 1. The summed E-state index contributed by atoms with van der Waals surface area (Å²) in [4.78, 5) is 5.53. The minimum absolute atomic E-state index is 0.0979. The lowest BCUT2D eigenvalue weighted by molar-refractivity contribution is 0.124. The lowest BCUT2D eigenvalue weighted by atomic mass is 10.1. The molecule has 2 aromatic carbocycles. The molecule has 2 N–H and O–H groups in total. The van der Waals surface area contributed by atoms with Gasteiger partial charge < -0.3 is 20.1 Å². The third-order valence-corrected chi connectivity index (χ3v) is 4.64. The fourth-order valence-corrected chi connectivity index (χ4v) is 2.82. The molecule has 0 radical (unpaired) electrons. The zero-order valence-corrected chi connectivity index (χ0v) is 15.8. The van der Waals surface area contributed by atoms with Gasteiger partial charge in [0.2, 0.25) is 12.2 Å². The molecule has 0 saturated carbocycles. The van der Waals surface area contributed by atoms with E-state index >= 15 is 0 Å². The van der Waals surface area contributed by atoms with Crippen LogP contribution in [-0.4, -0.2) is 29.3 Å². The molecule has 28 heavy (non-hydrogen) atoms. The molecule has 1 aliphatic rings. The van der Waals surface area contributed by atoms with Crippen LogP contribution in [0.4, 0.5) is 18.9 Å². The van der Waals surface area contributed by atoms with Gasteiger partial charge in [0.05, 0.1) is 13.7 Å². The van der Waals surface area contributed by atoms with Crippen molar-refractivity contribution in [1.82, 2.24) is 4.90 Å². The number of halogens is 4. The van der Waals surface area contributed by atoms with Crippen LogP contribution in [0.15, 0.2) is 47.3 Å². The Morgan fingerprint density at radius 3 is 2.64 bits per heavy atom. The van der Waals surface area contributed by atoms with Crippen LogP contribution in [0.1, 0.15) is 11.1 Å². The van der Waals surface area contributed by atoms with Crippen molar-refractivity contribution in [3.63, 3.8) is 0 Å². The number of benzene rings is 2. The average molecular weight is 412 g/mol. The molecule has 2 aromatic rings. The smallest absolute Gasteiger partial charge is 0.208 e. The molecule has 0 aliphatic carbocycles. The van der Waals surface area contributed by atoms with Crippen molar-refractivity contribution < 1.29 is 23.0 Å². The Bertz CT molecular complexity index is 966. The van der Waals surface area contributed by atoms with E-state index in [1.165, 1.54) is 18.2 Å². The Labute approximate surface area is 164 Å². The first-order valence-corrected chi connectivity index (χ1v) is 8.61. The van der Waals surface area contributed by atoms with E-state index in [-0.39, 0.29) is 23.8 Å². The van der Waals surface area contributed by atoms with Gasteiger partial charge in [-0.3, -0.25) is 0 Å². The summed E-state index contributed by atoms with van der Waals surface area (Å²) in [7, 11) is 1.35. The summed E-state index contributed by atoms with van der Waals surface area (Å²) in [5.74, 6) is -3.08. The molecule has 0 bridgehead atoms. The van der Waals surface area contributed by atoms with E-state index in [0.717, 1.165) is 11.6 Å². The monoisotopic (exact) mass is 411 g/mol. The van der Waals surface area contributed by atoms with E-state index in [1.807, 2.05) is 0 Å². The van der Waals surface area contributed by atoms with Crippen molar-refractivity contribution in [3.05, 3.63) is 75.9 Å². The molecule has 1 unspecified atom stereocenters. The Morgan fingerprint density at radius 2 is 1.93 bits per heavy atom. The van der Waals surface area contributed by atoms with Crippen LogP contribution < -0.4 is 5.32 Å². The Balaban J connectivity index is 1.95. The minimum atomic E-state index is -1.28. The standard InChI is InChI=1S/C19H17ClF3N3O2/c1-10-12(20)4-3-5-16(10)24-19-25-18(27)17(28-2)9-26(19)8-11-6-14(22)15(23)7-13(11)21/h3-7,9,18,27H,8H2,1-2H3,(H,24,25). The summed E-state index contributed by atoms with van der Waals surface area (Å²) in [5, 5.41) is 13.6. The SMILES string of the molecule is COC1=CN(Cc2cc(F)c(F)cc2F)C(Nc2cccc(Cl)c2C)=NC1O. The minimum Gasteiger partial charge on any atom is -0.495 e. The maximum Gasteiger partial charge on any atom is 0.208 e. The second kappa shape index (κ2) is 8.12. The van der Waals surface area contributed by atoms with Gasteiger partial charge >= 0.3 is 0 Å². The molecule has 0 fully saturated rings. The highest BCUT2D eigenvalue weighted by Gasteiger charge is 2.25. The molecule has 0 aromatic heterocycles. The Hall–Kier alpha value is -2.71. The number of aliphatic imine (C=N–C) groups is 1. The molecule has 3 rings (SSSR count). The molecule has 0 saturated heterocycles. The van der Waals surface area contributed by atoms with E-state index in [2.05, 4.69) is 10.3 Å². The highest BCUT2D eigenvalue weighted by Crippen LogP contribution is 2.26. The lowest BCUT2D eigenvalue weighted by Crippen LogP contribution is -2.38. The zero-order chi connectivity index (χ0) is 20.4. The molecule has 0 spiro atoms. The second-order valence-electron chi connectivity index (χ2n) is 6.08. The summed E-state index contributed by atoms with van der Waals surface area (Å²) in [6, 6.07) is 6.46. The third kappa shape index (κ3) is 4.07. The number of ether oxygens (including phenoxy) is 1. The third-order valence-electron chi connectivity index (χ3n) is 4.23. The first-order valence-electron chi connectivity index (χ1n) is 8.24. The lowest BCUT2D eigenvalue weighted by Gasteiger charge is -2.29. The van der Waals surface area contributed by atoms with Crippen molar-refractivity contribution in [2.24, 2.45) is 4.99 Å². The number of hydrogen-bond donors (Lipinski definition) is 2. The van der Waals surface area contributed by atoms with E-state index in [9.17, 15) is 18.3 Å². The highest BCUT2D eigenvalue weighted by molar-refractivity contribution is 6.31. The van der Waals surface area contributed by atoms with Gasteiger partial charge in [0.15, 0.2) is 17.4 Å². The summed E-state index contributed by atoms with van der Waals surface area (Å²) >= 11 is 6.12. The van der Waals surface area contributed by atoms with Crippen molar-refractivity contribution in [2.75, 3.05) is 12.4 Å². The zero-order valence-electron chi connectivity index (χ0n) is 15.0. The Kier molecular flexibility index (Phi) is 5.81. The molecule has 1 heterocycles. The van der Waals surface area contributed by atoms with Gasteiger partial charge in [-0.05, 0) is 30.7 Å². The second-order valence-corrected chi connectivity index (χ2v) is 6.49. The number of hydrogen-bond acceptors (Lipinski definition) is 5. The summed E-state index contributed by atoms with van der Waals surface area (Å²) < 4.78 is 45.9. The molecule has 5 nitrogen and oxygen atoms in total. The van der Waals surface area contributed by atoms with Crippen LogP contribution in [0.5, 0.6) is 0 Å². The largest absolute Gasteiger partial charge is 0.495 e. The topological polar surface area (TPSA) is 57.1 Å². The number of nitrogens with one attached hydrogen (secondary N) is 1. The van der Waals surface area contributed by atoms with Gasteiger partial charge in [0.1, 0.15) is 5.82 Å². The van der Waals surface area contributed by atoms with Gasteiger partial charge in [-0.15, -0.1) is 0 Å². The normalized spacial score (nSPS) is 16.5. The average Bonchev–Trinajstić information content (AvgIpc) is 2.65. The number of aliphatic hydroxyl groups is 1. The maximum absolute atomic E-state index is 14.1.